The molecular weight excluding hydrogens is 853 g/mol. The summed E-state index contributed by atoms with van der Waals surface area (Å²) in [6.45, 7) is 8.74. The highest BCUT2D eigenvalue weighted by Crippen LogP contribution is 2.39. The number of fused-ring (bicyclic) bond motifs is 2. The zero-order valence-corrected chi connectivity index (χ0v) is 39.2. The molecule has 3 heterocycles. The minimum absolute atomic E-state index is 0.00877. The number of hydrogen-bond acceptors (Lipinski definition) is 8. The molecule has 64 heavy (non-hydrogen) atoms. The first-order valence-corrected chi connectivity index (χ1v) is 23.0. The highest BCUT2D eigenvalue weighted by Gasteiger charge is 2.44. The van der Waals surface area contributed by atoms with Crippen molar-refractivity contribution in [2.45, 2.75) is 109 Å². The predicted octanol–water partition coefficient (Wildman–Crippen LogP) is 7.15. The third-order valence-electron chi connectivity index (χ3n) is 13.2. The van der Waals surface area contributed by atoms with Crippen molar-refractivity contribution in [3.63, 3.8) is 0 Å². The van der Waals surface area contributed by atoms with Gasteiger partial charge in [-0.15, -0.1) is 0 Å². The Labute approximate surface area is 386 Å². The largest absolute Gasteiger partial charge is 0.457 e. The number of rotatable bonds is 12. The molecule has 3 aromatic carbocycles. The smallest absolute Gasteiger partial charge is 0.245 e. The SMILES string of the molecule is C[C@H]1C(=O)N[C@@H](CO)C(=O)N[C@@]2(Cc3ccc(Cl)cc3)CCCN(C2)C(=O)[C@H](CC2CC2)CC(=O)N1Cc1ccc(Cl)cc1Oc1ccc(-c2cnc(CN(C)C(C)(C)C)n2C)cc1. The van der Waals surface area contributed by atoms with Gasteiger partial charge >= 0.3 is 0 Å². The van der Waals surface area contributed by atoms with Crippen LogP contribution in [0.4, 0.5) is 0 Å². The maximum atomic E-state index is 14.7. The first kappa shape index (κ1) is 47.0. The number of halogens is 2. The van der Waals surface area contributed by atoms with Crippen molar-refractivity contribution in [1.29, 1.82) is 0 Å². The minimum atomic E-state index is -1.31. The number of carbonyl (C=O) groups excluding carboxylic acids is 4. The monoisotopic (exact) mass is 913 g/mol. The van der Waals surface area contributed by atoms with E-state index in [1.165, 1.54) is 4.90 Å². The topological polar surface area (TPSA) is 149 Å². The highest BCUT2D eigenvalue weighted by atomic mass is 35.5. The molecule has 4 atom stereocenters. The van der Waals surface area contributed by atoms with E-state index in [0.717, 1.165) is 35.5 Å². The molecule has 1 saturated carbocycles. The molecule has 0 radical (unpaired) electrons. The van der Waals surface area contributed by atoms with E-state index in [1.54, 1.807) is 42.2 Å². The number of aromatic nitrogens is 2. The molecule has 342 valence electrons. The van der Waals surface area contributed by atoms with Gasteiger partial charge in [-0.2, -0.15) is 0 Å². The number of amides is 4. The van der Waals surface area contributed by atoms with Crippen molar-refractivity contribution in [3.05, 3.63) is 99.9 Å². The van der Waals surface area contributed by atoms with Crippen LogP contribution in [0.1, 0.15) is 83.2 Å². The lowest BCUT2D eigenvalue weighted by atomic mass is 9.81. The van der Waals surface area contributed by atoms with E-state index in [2.05, 4.69) is 47.9 Å². The van der Waals surface area contributed by atoms with Crippen molar-refractivity contribution >= 4 is 46.8 Å². The highest BCUT2D eigenvalue weighted by molar-refractivity contribution is 6.31. The Morgan fingerprint density at radius 1 is 0.969 bits per heavy atom. The summed E-state index contributed by atoms with van der Waals surface area (Å²) in [6.07, 6.45) is 5.89. The average molecular weight is 915 g/mol. The lowest BCUT2D eigenvalue weighted by Crippen LogP contribution is -2.65. The molecule has 0 unspecified atom stereocenters. The molecule has 15 heteroatoms. The maximum Gasteiger partial charge on any atom is 0.245 e. The van der Waals surface area contributed by atoms with Crippen LogP contribution in [0.2, 0.25) is 10.0 Å². The normalized spacial score (nSPS) is 22.6. The summed E-state index contributed by atoms with van der Waals surface area (Å²) in [5.41, 5.74) is 2.51. The summed E-state index contributed by atoms with van der Waals surface area (Å²) in [5.74, 6) is -0.160. The van der Waals surface area contributed by atoms with E-state index in [1.807, 2.05) is 49.6 Å². The number of piperidine rings is 1. The summed E-state index contributed by atoms with van der Waals surface area (Å²) in [7, 11) is 4.09. The van der Waals surface area contributed by atoms with E-state index in [0.29, 0.717) is 71.8 Å². The van der Waals surface area contributed by atoms with Crippen LogP contribution < -0.4 is 15.4 Å². The third-order valence-corrected chi connectivity index (χ3v) is 13.6. The van der Waals surface area contributed by atoms with Crippen LogP contribution in [0.5, 0.6) is 11.5 Å². The fraction of sp³-hybridized carbons (Fsp3) is 0.490. The van der Waals surface area contributed by atoms with Gasteiger partial charge in [-0.25, -0.2) is 4.98 Å². The van der Waals surface area contributed by atoms with Gasteiger partial charge in [0.2, 0.25) is 23.6 Å². The van der Waals surface area contributed by atoms with Gasteiger partial charge in [0.1, 0.15) is 29.4 Å². The van der Waals surface area contributed by atoms with E-state index >= 15 is 0 Å². The number of carbonyl (C=O) groups is 4. The Balaban J connectivity index is 1.15. The second-order valence-corrected chi connectivity index (χ2v) is 19.9. The van der Waals surface area contributed by atoms with Gasteiger partial charge < -0.3 is 34.8 Å². The molecule has 2 saturated heterocycles. The summed E-state index contributed by atoms with van der Waals surface area (Å²) < 4.78 is 8.54. The maximum absolute atomic E-state index is 14.7. The molecule has 3 aliphatic rings. The fourth-order valence-corrected chi connectivity index (χ4v) is 8.99. The number of ether oxygens (including phenoxy) is 1. The molecular formula is C49H61Cl2N7O6. The van der Waals surface area contributed by atoms with Crippen molar-refractivity contribution in [2.24, 2.45) is 18.9 Å². The van der Waals surface area contributed by atoms with Gasteiger partial charge in [-0.3, -0.25) is 24.1 Å². The molecule has 1 aromatic heterocycles. The number of benzene rings is 3. The summed E-state index contributed by atoms with van der Waals surface area (Å²) in [6, 6.07) is 17.7. The molecule has 0 spiro atoms. The van der Waals surface area contributed by atoms with E-state index < -0.39 is 42.0 Å². The van der Waals surface area contributed by atoms with Crippen molar-refractivity contribution in [2.75, 3.05) is 26.7 Å². The average Bonchev–Trinajstić information content (AvgIpc) is 4.01. The molecule has 4 aromatic rings. The summed E-state index contributed by atoms with van der Waals surface area (Å²) in [4.78, 5) is 67.8. The number of imidazole rings is 1. The van der Waals surface area contributed by atoms with Gasteiger partial charge in [-0.1, -0.05) is 54.2 Å². The molecule has 4 amide bonds. The molecule has 13 nitrogen and oxygen atoms in total. The molecule has 1 aliphatic carbocycles. The Hall–Kier alpha value is -4.95. The molecule has 3 fully saturated rings. The van der Waals surface area contributed by atoms with Crippen molar-refractivity contribution in [3.8, 4) is 22.8 Å². The Kier molecular flexibility index (Phi) is 14.4. The second-order valence-electron chi connectivity index (χ2n) is 19.0. The van der Waals surface area contributed by atoms with Crippen LogP contribution in [-0.2, 0) is 45.7 Å². The summed E-state index contributed by atoms with van der Waals surface area (Å²) in [5, 5.41) is 17.4. The van der Waals surface area contributed by atoms with Gasteiger partial charge in [0.15, 0.2) is 0 Å². The zero-order valence-electron chi connectivity index (χ0n) is 37.7. The van der Waals surface area contributed by atoms with Crippen LogP contribution in [0.3, 0.4) is 0 Å². The molecule has 3 N–H and O–H groups in total. The zero-order chi connectivity index (χ0) is 45.9. The van der Waals surface area contributed by atoms with Gasteiger partial charge in [0, 0.05) is 59.2 Å². The Bertz CT molecular complexity index is 2330. The van der Waals surface area contributed by atoms with E-state index in [4.69, 9.17) is 32.9 Å². The lowest BCUT2D eigenvalue weighted by molar-refractivity contribution is -0.148. The number of nitrogens with zero attached hydrogens (tertiary/aromatic N) is 5. The second kappa shape index (κ2) is 19.7. The number of nitrogens with one attached hydrogen (secondary N) is 2. The first-order valence-electron chi connectivity index (χ1n) is 22.3. The van der Waals surface area contributed by atoms with E-state index in [-0.39, 0.29) is 36.9 Å². The van der Waals surface area contributed by atoms with Crippen LogP contribution >= 0.6 is 23.2 Å². The first-order chi connectivity index (χ1) is 30.4. The quantitative estimate of drug-likeness (QED) is 0.136. The number of aliphatic hydroxyl groups is 1. The number of hydrogen-bond donors (Lipinski definition) is 3. The van der Waals surface area contributed by atoms with E-state index in [9.17, 15) is 24.3 Å². The van der Waals surface area contributed by atoms with Crippen LogP contribution in [0.15, 0.2) is 72.9 Å². The Morgan fingerprint density at radius 3 is 2.34 bits per heavy atom. The third kappa shape index (κ3) is 11.3. The predicted molar refractivity (Wildman–Crippen MR) is 248 cm³/mol. The van der Waals surface area contributed by atoms with Crippen molar-refractivity contribution < 1.29 is 29.0 Å². The lowest BCUT2D eigenvalue weighted by Gasteiger charge is -2.45. The fourth-order valence-electron chi connectivity index (χ4n) is 8.71. The standard InChI is InChI=1S/C49H61Cl2N7O6/c1-31-45(61)53-40(29-59)46(62)54-49(25-33-10-15-37(50)16-11-33)20-7-21-57(30-49)47(63)36(22-32-8-9-32)23-44(60)58(31)27-35-12-17-38(51)24-42(35)64-39-18-13-34(14-19-39)41-26-52-43(56(41)6)28-55(5)48(2,3)4/h10-19,24,26,31-32,36,40,59H,7-9,20-23,25,27-30H2,1-6H3,(H,53,61)(H,54,62)/t31-,36+,40-,49+/m0/s1. The molecule has 2 bridgehead atoms. The summed E-state index contributed by atoms with van der Waals surface area (Å²) >= 11 is 12.7. The van der Waals surface area contributed by atoms with Crippen LogP contribution in [-0.4, -0.2) is 103 Å². The molecule has 2 aliphatic heterocycles. The van der Waals surface area contributed by atoms with Crippen molar-refractivity contribution in [1.82, 2.24) is 34.9 Å². The molecule has 7 rings (SSSR count). The van der Waals surface area contributed by atoms with Crippen LogP contribution in [0.25, 0.3) is 11.3 Å². The number of aliphatic hydroxyl groups excluding tert-OH is 1. The van der Waals surface area contributed by atoms with Gasteiger partial charge in [0.25, 0.3) is 0 Å². The van der Waals surface area contributed by atoms with Gasteiger partial charge in [-0.05, 0) is 120 Å². The van der Waals surface area contributed by atoms with Gasteiger partial charge in [0.05, 0.1) is 37.1 Å². The minimum Gasteiger partial charge on any atom is -0.457 e. The Morgan fingerprint density at radius 2 is 1.67 bits per heavy atom. The van der Waals surface area contributed by atoms with Crippen LogP contribution in [0, 0.1) is 11.8 Å².